The number of carbonyl (C=O) groups excluding carboxylic acids is 1. The van der Waals surface area contributed by atoms with Gasteiger partial charge in [0.15, 0.2) is 0 Å². The van der Waals surface area contributed by atoms with Gasteiger partial charge in [-0.2, -0.15) is 0 Å². The van der Waals surface area contributed by atoms with E-state index in [1.54, 1.807) is 0 Å². The highest BCUT2D eigenvalue weighted by atomic mass is 19.1. The molecule has 0 bridgehead atoms. The van der Waals surface area contributed by atoms with Crippen molar-refractivity contribution in [2.45, 2.75) is 51.4 Å². The SMILES string of the molecule is CC1(C)CC(OC(=O)c2ccc(F)cc2N)C(C)(C)O1. The molecule has 0 amide bonds. The number of nitrogen functional groups attached to an aromatic ring is 1. The third-order valence-corrected chi connectivity index (χ3v) is 3.47. The minimum Gasteiger partial charge on any atom is -0.456 e. The van der Waals surface area contributed by atoms with Gasteiger partial charge in [-0.15, -0.1) is 0 Å². The van der Waals surface area contributed by atoms with Crippen LogP contribution in [0.2, 0.25) is 0 Å². The van der Waals surface area contributed by atoms with Crippen LogP contribution in [-0.2, 0) is 9.47 Å². The Morgan fingerprint density at radius 3 is 2.55 bits per heavy atom. The number of ether oxygens (including phenoxy) is 2. The topological polar surface area (TPSA) is 61.5 Å². The van der Waals surface area contributed by atoms with E-state index in [-0.39, 0.29) is 23.0 Å². The lowest BCUT2D eigenvalue weighted by molar-refractivity contribution is -0.0924. The third-order valence-electron chi connectivity index (χ3n) is 3.47. The molecule has 20 heavy (non-hydrogen) atoms. The number of carbonyl (C=O) groups is 1. The Labute approximate surface area is 118 Å². The first-order valence-electron chi connectivity index (χ1n) is 6.57. The molecule has 4 nitrogen and oxygen atoms in total. The lowest BCUT2D eigenvalue weighted by Gasteiger charge is -2.26. The maximum atomic E-state index is 13.0. The highest BCUT2D eigenvalue weighted by Crippen LogP contribution is 2.39. The van der Waals surface area contributed by atoms with E-state index in [1.165, 1.54) is 12.1 Å². The van der Waals surface area contributed by atoms with E-state index >= 15 is 0 Å². The molecule has 1 aromatic rings. The van der Waals surface area contributed by atoms with Crippen molar-refractivity contribution in [1.82, 2.24) is 0 Å². The second-order valence-corrected chi connectivity index (χ2v) is 6.29. The van der Waals surface area contributed by atoms with Crippen LogP contribution < -0.4 is 5.73 Å². The standard InChI is InChI=1S/C15H20FNO3/c1-14(2)8-12(15(3,4)20-14)19-13(18)10-6-5-9(16)7-11(10)17/h5-7,12H,8,17H2,1-4H3. The average molecular weight is 281 g/mol. The molecule has 1 fully saturated rings. The third kappa shape index (κ3) is 2.93. The zero-order valence-corrected chi connectivity index (χ0v) is 12.2. The lowest BCUT2D eigenvalue weighted by atomic mass is 9.97. The van der Waals surface area contributed by atoms with Crippen molar-refractivity contribution in [2.24, 2.45) is 0 Å². The Bertz CT molecular complexity index is 540. The number of anilines is 1. The van der Waals surface area contributed by atoms with Gasteiger partial charge in [0.2, 0.25) is 0 Å². The van der Waals surface area contributed by atoms with E-state index in [4.69, 9.17) is 15.2 Å². The summed E-state index contributed by atoms with van der Waals surface area (Å²) in [6, 6.07) is 3.63. The summed E-state index contributed by atoms with van der Waals surface area (Å²) in [6.45, 7) is 7.67. The quantitative estimate of drug-likeness (QED) is 0.669. The molecule has 1 unspecified atom stereocenters. The van der Waals surface area contributed by atoms with Crippen LogP contribution in [0.1, 0.15) is 44.5 Å². The fourth-order valence-electron chi connectivity index (χ4n) is 2.61. The highest BCUT2D eigenvalue weighted by molar-refractivity contribution is 5.95. The van der Waals surface area contributed by atoms with E-state index in [2.05, 4.69) is 0 Å². The van der Waals surface area contributed by atoms with E-state index in [1.807, 2.05) is 27.7 Å². The molecule has 0 aromatic heterocycles. The van der Waals surface area contributed by atoms with Crippen LogP contribution in [0.25, 0.3) is 0 Å². The number of benzene rings is 1. The molecule has 1 aliphatic heterocycles. The Hall–Kier alpha value is -1.62. The van der Waals surface area contributed by atoms with Gasteiger partial charge in [0.05, 0.1) is 11.2 Å². The van der Waals surface area contributed by atoms with E-state index in [0.717, 1.165) is 6.07 Å². The summed E-state index contributed by atoms with van der Waals surface area (Å²) in [4.78, 5) is 12.2. The summed E-state index contributed by atoms with van der Waals surface area (Å²) in [6.07, 6.45) is 0.238. The molecule has 5 heteroatoms. The maximum absolute atomic E-state index is 13.0. The molecule has 0 aliphatic carbocycles. The van der Waals surface area contributed by atoms with Gasteiger partial charge in [-0.3, -0.25) is 0 Å². The van der Waals surface area contributed by atoms with Crippen LogP contribution in [0.5, 0.6) is 0 Å². The largest absolute Gasteiger partial charge is 0.456 e. The normalized spacial score (nSPS) is 23.6. The summed E-state index contributed by atoms with van der Waals surface area (Å²) in [5.74, 6) is -1.04. The van der Waals surface area contributed by atoms with Gasteiger partial charge in [-0.1, -0.05) is 0 Å². The molecule has 0 radical (unpaired) electrons. The first-order chi connectivity index (χ1) is 9.11. The van der Waals surface area contributed by atoms with Crippen LogP contribution in [-0.4, -0.2) is 23.3 Å². The van der Waals surface area contributed by atoms with Gasteiger partial charge in [0.1, 0.15) is 17.5 Å². The van der Waals surface area contributed by atoms with Crippen molar-refractivity contribution in [3.05, 3.63) is 29.6 Å². The number of hydrogen-bond acceptors (Lipinski definition) is 4. The monoisotopic (exact) mass is 281 g/mol. The number of hydrogen-bond donors (Lipinski definition) is 1. The van der Waals surface area contributed by atoms with E-state index in [9.17, 15) is 9.18 Å². The van der Waals surface area contributed by atoms with Crippen LogP contribution in [0.15, 0.2) is 18.2 Å². The van der Waals surface area contributed by atoms with Crippen LogP contribution in [0, 0.1) is 5.82 Å². The van der Waals surface area contributed by atoms with Crippen molar-refractivity contribution in [1.29, 1.82) is 0 Å². The molecule has 110 valence electrons. The molecule has 1 aliphatic rings. The van der Waals surface area contributed by atoms with Crippen molar-refractivity contribution in [3.63, 3.8) is 0 Å². The van der Waals surface area contributed by atoms with E-state index < -0.39 is 17.4 Å². The number of esters is 1. The maximum Gasteiger partial charge on any atom is 0.340 e. The molecule has 1 heterocycles. The first-order valence-corrected chi connectivity index (χ1v) is 6.57. The zero-order valence-electron chi connectivity index (χ0n) is 12.2. The van der Waals surface area contributed by atoms with Gasteiger partial charge in [-0.05, 0) is 45.9 Å². The summed E-state index contributed by atoms with van der Waals surface area (Å²) in [5.41, 5.74) is 4.99. The molecule has 1 atom stereocenters. The van der Waals surface area contributed by atoms with Crippen LogP contribution in [0.3, 0.4) is 0 Å². The molecule has 2 N–H and O–H groups in total. The molecule has 2 rings (SSSR count). The first kappa shape index (κ1) is 14.8. The minimum absolute atomic E-state index is 0.0750. The Kier molecular flexibility index (Phi) is 3.50. The summed E-state index contributed by atoms with van der Waals surface area (Å²) in [5, 5.41) is 0. The molecule has 0 spiro atoms. The lowest BCUT2D eigenvalue weighted by Crippen LogP contribution is -2.36. The van der Waals surface area contributed by atoms with Gasteiger partial charge < -0.3 is 15.2 Å². The number of halogens is 1. The molecular formula is C15H20FNO3. The fourth-order valence-corrected chi connectivity index (χ4v) is 2.61. The Balaban J connectivity index is 2.16. The fraction of sp³-hybridized carbons (Fsp3) is 0.533. The highest BCUT2D eigenvalue weighted by Gasteiger charge is 2.48. The predicted octanol–water partition coefficient (Wildman–Crippen LogP) is 2.91. The summed E-state index contributed by atoms with van der Waals surface area (Å²) < 4.78 is 24.4. The molecule has 1 aromatic carbocycles. The molecule has 0 saturated carbocycles. The van der Waals surface area contributed by atoms with Gasteiger partial charge >= 0.3 is 5.97 Å². The van der Waals surface area contributed by atoms with Gasteiger partial charge in [-0.25, -0.2) is 9.18 Å². The van der Waals surface area contributed by atoms with Crippen molar-refractivity contribution in [3.8, 4) is 0 Å². The second-order valence-electron chi connectivity index (χ2n) is 6.29. The average Bonchev–Trinajstić information content (AvgIpc) is 2.45. The van der Waals surface area contributed by atoms with Crippen LogP contribution in [0.4, 0.5) is 10.1 Å². The number of rotatable bonds is 2. The second kappa shape index (κ2) is 4.74. The van der Waals surface area contributed by atoms with Crippen molar-refractivity contribution < 1.29 is 18.7 Å². The summed E-state index contributed by atoms with van der Waals surface area (Å²) in [7, 11) is 0. The zero-order chi connectivity index (χ0) is 15.1. The minimum atomic E-state index is -0.562. The molecule has 1 saturated heterocycles. The molecular weight excluding hydrogens is 261 g/mol. The van der Waals surface area contributed by atoms with Crippen molar-refractivity contribution >= 4 is 11.7 Å². The summed E-state index contributed by atoms with van der Waals surface area (Å²) >= 11 is 0. The van der Waals surface area contributed by atoms with E-state index in [0.29, 0.717) is 6.42 Å². The van der Waals surface area contributed by atoms with Crippen LogP contribution >= 0.6 is 0 Å². The van der Waals surface area contributed by atoms with Gasteiger partial charge in [0, 0.05) is 12.1 Å². The number of nitrogens with two attached hydrogens (primary N) is 1. The smallest absolute Gasteiger partial charge is 0.340 e. The predicted molar refractivity (Wildman–Crippen MR) is 73.9 cm³/mol. The van der Waals surface area contributed by atoms with Gasteiger partial charge in [0.25, 0.3) is 0 Å². The Morgan fingerprint density at radius 1 is 1.40 bits per heavy atom. The Morgan fingerprint density at radius 2 is 2.05 bits per heavy atom. The van der Waals surface area contributed by atoms with Crippen molar-refractivity contribution in [2.75, 3.05) is 5.73 Å².